The molecule has 4 nitrogen and oxygen atoms in total. The lowest BCUT2D eigenvalue weighted by atomic mass is 10.1. The highest BCUT2D eigenvalue weighted by atomic mass is 32.2. The molecule has 0 radical (unpaired) electrons. The number of thioether (sulfide) groups is 1. The predicted molar refractivity (Wildman–Crippen MR) is 71.8 cm³/mol. The second kappa shape index (κ2) is 5.74. The maximum absolute atomic E-state index is 12.1. The smallest absolute Gasteiger partial charge is 0.211 e. The van der Waals surface area contributed by atoms with E-state index in [1.165, 1.54) is 12.1 Å². The first kappa shape index (κ1) is 13.4. The van der Waals surface area contributed by atoms with Crippen LogP contribution in [0.15, 0.2) is 29.2 Å². The van der Waals surface area contributed by atoms with Gasteiger partial charge in [0, 0.05) is 6.54 Å². The molecule has 1 saturated heterocycles. The maximum Gasteiger partial charge on any atom is 0.241 e. The Morgan fingerprint density at radius 3 is 2.89 bits per heavy atom. The molecule has 1 aromatic carbocycles. The molecule has 0 aliphatic carbocycles. The first-order valence-corrected chi connectivity index (χ1v) is 8.34. The first-order valence-electron chi connectivity index (χ1n) is 5.70. The minimum atomic E-state index is -3.57. The zero-order chi connectivity index (χ0) is 13.0. The normalized spacial score (nSPS) is 19.6. The number of benzene rings is 1. The van der Waals surface area contributed by atoms with Crippen LogP contribution in [0.3, 0.4) is 0 Å². The van der Waals surface area contributed by atoms with E-state index in [1.54, 1.807) is 12.1 Å². The zero-order valence-corrected chi connectivity index (χ0v) is 11.4. The van der Waals surface area contributed by atoms with Gasteiger partial charge in [-0.1, -0.05) is 12.1 Å². The van der Waals surface area contributed by atoms with Crippen LogP contribution in [0.25, 0.3) is 0 Å². The van der Waals surface area contributed by atoms with E-state index in [0.29, 0.717) is 12.5 Å². The number of hydrogen-bond acceptors (Lipinski definition) is 4. The van der Waals surface area contributed by atoms with Gasteiger partial charge in [0.15, 0.2) is 0 Å². The van der Waals surface area contributed by atoms with Gasteiger partial charge in [0.25, 0.3) is 0 Å². The highest BCUT2D eigenvalue weighted by Crippen LogP contribution is 2.23. The van der Waals surface area contributed by atoms with Crippen molar-refractivity contribution in [2.24, 2.45) is 5.92 Å². The van der Waals surface area contributed by atoms with E-state index >= 15 is 0 Å². The van der Waals surface area contributed by atoms with Crippen molar-refractivity contribution >= 4 is 21.8 Å². The molecular formula is C12H14N2O2S2. The lowest BCUT2D eigenvalue weighted by molar-refractivity contribution is 0.545. The van der Waals surface area contributed by atoms with Crippen molar-refractivity contribution in [3.63, 3.8) is 0 Å². The molecule has 1 unspecified atom stereocenters. The van der Waals surface area contributed by atoms with Gasteiger partial charge in [-0.25, -0.2) is 13.1 Å². The molecule has 0 bridgehead atoms. The van der Waals surface area contributed by atoms with E-state index < -0.39 is 10.0 Å². The average Bonchev–Trinajstić information content (AvgIpc) is 2.89. The van der Waals surface area contributed by atoms with Crippen LogP contribution < -0.4 is 4.72 Å². The van der Waals surface area contributed by atoms with Crippen molar-refractivity contribution in [3.8, 4) is 6.07 Å². The Bertz CT molecular complexity index is 558. The second-order valence-corrected chi connectivity index (χ2v) is 7.07. The summed E-state index contributed by atoms with van der Waals surface area (Å²) >= 11 is 1.85. The van der Waals surface area contributed by atoms with Crippen molar-refractivity contribution < 1.29 is 8.42 Å². The standard InChI is InChI=1S/C12H14N2O2S2/c13-7-11-3-1-2-4-12(11)18(15,16)14-8-10-5-6-17-9-10/h1-4,10,14H,5-6,8-9H2. The van der Waals surface area contributed by atoms with Crippen molar-refractivity contribution in [2.45, 2.75) is 11.3 Å². The van der Waals surface area contributed by atoms with E-state index in [0.717, 1.165) is 17.9 Å². The Morgan fingerprint density at radius 2 is 2.22 bits per heavy atom. The van der Waals surface area contributed by atoms with Gasteiger partial charge < -0.3 is 0 Å². The quantitative estimate of drug-likeness (QED) is 0.910. The highest BCUT2D eigenvalue weighted by molar-refractivity contribution is 7.99. The summed E-state index contributed by atoms with van der Waals surface area (Å²) in [5, 5.41) is 8.92. The van der Waals surface area contributed by atoms with Crippen LogP contribution in [0, 0.1) is 17.2 Å². The summed E-state index contributed by atoms with van der Waals surface area (Å²) < 4.78 is 26.8. The van der Waals surface area contributed by atoms with Crippen LogP contribution in [0.1, 0.15) is 12.0 Å². The highest BCUT2D eigenvalue weighted by Gasteiger charge is 2.21. The summed E-state index contributed by atoms with van der Waals surface area (Å²) in [4.78, 5) is 0.0677. The number of hydrogen-bond donors (Lipinski definition) is 1. The minimum absolute atomic E-state index is 0.0677. The number of sulfonamides is 1. The van der Waals surface area contributed by atoms with Crippen LogP contribution >= 0.6 is 11.8 Å². The van der Waals surface area contributed by atoms with Crippen LogP contribution in [-0.2, 0) is 10.0 Å². The van der Waals surface area contributed by atoms with E-state index in [-0.39, 0.29) is 10.5 Å². The molecule has 1 atom stereocenters. The van der Waals surface area contributed by atoms with Crippen molar-refractivity contribution in [1.29, 1.82) is 5.26 Å². The Balaban J connectivity index is 2.12. The van der Waals surface area contributed by atoms with Gasteiger partial charge in [0.2, 0.25) is 10.0 Å². The average molecular weight is 282 g/mol. The molecule has 2 rings (SSSR count). The molecule has 1 aromatic rings. The molecule has 1 aliphatic heterocycles. The lowest BCUT2D eigenvalue weighted by Crippen LogP contribution is -2.29. The Kier molecular flexibility index (Phi) is 4.27. The van der Waals surface area contributed by atoms with Gasteiger partial charge in [-0.2, -0.15) is 17.0 Å². The van der Waals surface area contributed by atoms with Crippen LogP contribution in [0.5, 0.6) is 0 Å². The van der Waals surface area contributed by atoms with Gasteiger partial charge in [0.1, 0.15) is 6.07 Å². The first-order chi connectivity index (χ1) is 8.63. The molecule has 96 valence electrons. The number of rotatable bonds is 4. The predicted octanol–water partition coefficient (Wildman–Crippen LogP) is 1.59. The Morgan fingerprint density at radius 1 is 1.44 bits per heavy atom. The topological polar surface area (TPSA) is 70.0 Å². The third-order valence-electron chi connectivity index (χ3n) is 2.88. The van der Waals surface area contributed by atoms with E-state index in [1.807, 2.05) is 17.8 Å². The van der Waals surface area contributed by atoms with Crippen molar-refractivity contribution in [1.82, 2.24) is 4.72 Å². The molecule has 18 heavy (non-hydrogen) atoms. The summed E-state index contributed by atoms with van der Waals surface area (Å²) in [6, 6.07) is 8.17. The third-order valence-corrected chi connectivity index (χ3v) is 5.60. The van der Waals surface area contributed by atoms with Crippen LogP contribution in [0.4, 0.5) is 0 Å². The molecule has 1 N–H and O–H groups in total. The molecule has 6 heteroatoms. The van der Waals surface area contributed by atoms with Crippen LogP contribution in [0.2, 0.25) is 0 Å². The van der Waals surface area contributed by atoms with E-state index in [2.05, 4.69) is 4.72 Å². The van der Waals surface area contributed by atoms with Crippen molar-refractivity contribution in [3.05, 3.63) is 29.8 Å². The van der Waals surface area contributed by atoms with Gasteiger partial charge in [-0.3, -0.25) is 0 Å². The molecule has 0 amide bonds. The van der Waals surface area contributed by atoms with Gasteiger partial charge in [0.05, 0.1) is 10.5 Å². The maximum atomic E-state index is 12.1. The van der Waals surface area contributed by atoms with Crippen LogP contribution in [-0.4, -0.2) is 26.5 Å². The van der Waals surface area contributed by atoms with Gasteiger partial charge in [-0.15, -0.1) is 0 Å². The molecular weight excluding hydrogens is 268 g/mol. The lowest BCUT2D eigenvalue weighted by Gasteiger charge is -2.11. The van der Waals surface area contributed by atoms with Crippen molar-refractivity contribution in [2.75, 3.05) is 18.1 Å². The molecule has 1 aliphatic rings. The fraction of sp³-hybridized carbons (Fsp3) is 0.417. The molecule has 0 saturated carbocycles. The number of nitrogens with zero attached hydrogens (tertiary/aromatic N) is 1. The molecule has 1 heterocycles. The second-order valence-electron chi connectivity index (χ2n) is 4.19. The SMILES string of the molecule is N#Cc1ccccc1S(=O)(=O)NCC1CCSC1. The van der Waals surface area contributed by atoms with E-state index in [4.69, 9.17) is 5.26 Å². The van der Waals surface area contributed by atoms with E-state index in [9.17, 15) is 8.42 Å². The Labute approximate surface area is 111 Å². The largest absolute Gasteiger partial charge is 0.241 e. The zero-order valence-electron chi connectivity index (χ0n) is 9.80. The third kappa shape index (κ3) is 3.05. The number of nitriles is 1. The summed E-state index contributed by atoms with van der Waals surface area (Å²) in [5.74, 6) is 2.50. The molecule has 1 fully saturated rings. The summed E-state index contributed by atoms with van der Waals surface area (Å²) in [6.07, 6.45) is 1.05. The summed E-state index contributed by atoms with van der Waals surface area (Å²) in [6.45, 7) is 0.453. The molecule has 0 aromatic heterocycles. The summed E-state index contributed by atoms with van der Waals surface area (Å²) in [7, 11) is -3.57. The fourth-order valence-electron chi connectivity index (χ4n) is 1.84. The Hall–Kier alpha value is -1.03. The monoisotopic (exact) mass is 282 g/mol. The minimum Gasteiger partial charge on any atom is -0.211 e. The fourth-order valence-corrected chi connectivity index (χ4v) is 4.40. The number of nitrogens with one attached hydrogen (secondary N) is 1. The van der Waals surface area contributed by atoms with Gasteiger partial charge >= 0.3 is 0 Å². The summed E-state index contributed by atoms with van der Waals surface area (Å²) in [5.41, 5.74) is 0.186. The molecule has 0 spiro atoms. The van der Waals surface area contributed by atoms with Gasteiger partial charge in [-0.05, 0) is 36.0 Å².